The SMILES string of the molecule is CCS(=O)(=O)NCCNC(=NC)NCCC(c1ccccc1)c1ccccc1. The highest BCUT2D eigenvalue weighted by molar-refractivity contribution is 7.89. The van der Waals surface area contributed by atoms with Crippen LogP contribution in [0.1, 0.15) is 30.4 Å². The lowest BCUT2D eigenvalue weighted by Crippen LogP contribution is -2.42. The number of hydrogen-bond donors (Lipinski definition) is 3. The Bertz CT molecular complexity index is 784. The van der Waals surface area contributed by atoms with Gasteiger partial charge in [0.15, 0.2) is 5.96 Å². The Labute approximate surface area is 168 Å². The van der Waals surface area contributed by atoms with Gasteiger partial charge in [-0.15, -0.1) is 0 Å². The van der Waals surface area contributed by atoms with Crippen LogP contribution < -0.4 is 15.4 Å². The van der Waals surface area contributed by atoms with Crippen LogP contribution in [-0.2, 0) is 10.0 Å². The third-order valence-electron chi connectivity index (χ3n) is 4.47. The van der Waals surface area contributed by atoms with Gasteiger partial charge in [0.1, 0.15) is 0 Å². The fraction of sp³-hybridized carbons (Fsp3) is 0.381. The Hall–Kier alpha value is -2.38. The smallest absolute Gasteiger partial charge is 0.211 e. The highest BCUT2D eigenvalue weighted by Gasteiger charge is 2.13. The quantitative estimate of drug-likeness (QED) is 0.324. The minimum atomic E-state index is -3.16. The van der Waals surface area contributed by atoms with Gasteiger partial charge in [-0.05, 0) is 24.5 Å². The first-order chi connectivity index (χ1) is 13.6. The predicted octanol–water partition coefficient (Wildman–Crippen LogP) is 2.31. The van der Waals surface area contributed by atoms with Gasteiger partial charge in [0.2, 0.25) is 10.0 Å². The fourth-order valence-corrected chi connectivity index (χ4v) is 3.56. The summed E-state index contributed by atoms with van der Waals surface area (Å²) in [4.78, 5) is 4.20. The van der Waals surface area contributed by atoms with E-state index in [9.17, 15) is 8.42 Å². The van der Waals surface area contributed by atoms with E-state index in [4.69, 9.17) is 0 Å². The maximum atomic E-state index is 11.4. The largest absolute Gasteiger partial charge is 0.356 e. The topological polar surface area (TPSA) is 82.6 Å². The van der Waals surface area contributed by atoms with Crippen molar-refractivity contribution in [3.05, 3.63) is 71.8 Å². The summed E-state index contributed by atoms with van der Waals surface area (Å²) in [5, 5.41) is 6.44. The van der Waals surface area contributed by atoms with Crippen molar-refractivity contribution in [1.29, 1.82) is 0 Å². The first-order valence-electron chi connectivity index (χ1n) is 9.57. The summed E-state index contributed by atoms with van der Waals surface area (Å²) in [6.45, 7) is 3.16. The second-order valence-corrected chi connectivity index (χ2v) is 8.48. The van der Waals surface area contributed by atoms with Gasteiger partial charge in [-0.1, -0.05) is 60.7 Å². The van der Waals surface area contributed by atoms with E-state index in [1.54, 1.807) is 14.0 Å². The molecule has 3 N–H and O–H groups in total. The van der Waals surface area contributed by atoms with E-state index in [0.29, 0.717) is 25.0 Å². The number of nitrogens with zero attached hydrogens (tertiary/aromatic N) is 1. The summed E-state index contributed by atoms with van der Waals surface area (Å²) in [6, 6.07) is 21.0. The molecule has 0 bridgehead atoms. The average molecular weight is 403 g/mol. The zero-order valence-electron chi connectivity index (χ0n) is 16.6. The molecule has 2 aromatic rings. The standard InChI is InChI=1S/C21H30N4O2S/c1-3-28(26,27)25-17-16-24-21(22-2)23-15-14-20(18-10-6-4-7-11-18)19-12-8-5-9-13-19/h4-13,20,25H,3,14-17H2,1-2H3,(H2,22,23,24). The number of rotatable bonds is 10. The van der Waals surface area contributed by atoms with Crippen molar-refractivity contribution >= 4 is 16.0 Å². The summed E-state index contributed by atoms with van der Waals surface area (Å²) in [5.74, 6) is 1.04. The van der Waals surface area contributed by atoms with Crippen LogP contribution in [0.3, 0.4) is 0 Å². The molecule has 0 atom stereocenters. The molecule has 0 radical (unpaired) electrons. The van der Waals surface area contributed by atoms with Gasteiger partial charge in [0.25, 0.3) is 0 Å². The molecule has 152 valence electrons. The summed E-state index contributed by atoms with van der Waals surface area (Å²) in [7, 11) is -1.46. The lowest BCUT2D eigenvalue weighted by Gasteiger charge is -2.19. The molecule has 6 nitrogen and oxygen atoms in total. The zero-order valence-corrected chi connectivity index (χ0v) is 17.4. The van der Waals surface area contributed by atoms with Crippen molar-refractivity contribution in [2.45, 2.75) is 19.3 Å². The van der Waals surface area contributed by atoms with Gasteiger partial charge in [-0.2, -0.15) is 0 Å². The number of guanidine groups is 1. The number of aliphatic imine (C=N–C) groups is 1. The van der Waals surface area contributed by atoms with Crippen molar-refractivity contribution in [2.75, 3.05) is 32.4 Å². The highest BCUT2D eigenvalue weighted by Crippen LogP contribution is 2.27. The molecule has 0 saturated carbocycles. The first kappa shape index (κ1) is 21.9. The Morgan fingerprint density at radius 3 is 1.93 bits per heavy atom. The van der Waals surface area contributed by atoms with Gasteiger partial charge in [0, 0.05) is 32.6 Å². The molecular weight excluding hydrogens is 372 g/mol. The predicted molar refractivity (Wildman–Crippen MR) is 116 cm³/mol. The molecule has 2 rings (SSSR count). The van der Waals surface area contributed by atoms with Crippen LogP contribution in [0.25, 0.3) is 0 Å². The minimum Gasteiger partial charge on any atom is -0.356 e. The molecule has 0 fully saturated rings. The Balaban J connectivity index is 1.87. The van der Waals surface area contributed by atoms with E-state index in [2.05, 4.69) is 68.9 Å². The van der Waals surface area contributed by atoms with Crippen molar-refractivity contribution in [2.24, 2.45) is 4.99 Å². The molecule has 0 aliphatic carbocycles. The van der Waals surface area contributed by atoms with E-state index >= 15 is 0 Å². The molecule has 0 spiro atoms. The van der Waals surface area contributed by atoms with Gasteiger partial charge < -0.3 is 10.6 Å². The maximum Gasteiger partial charge on any atom is 0.211 e. The van der Waals surface area contributed by atoms with E-state index in [1.165, 1.54) is 11.1 Å². The maximum absolute atomic E-state index is 11.4. The Morgan fingerprint density at radius 1 is 0.893 bits per heavy atom. The monoisotopic (exact) mass is 402 g/mol. The normalized spacial score (nSPS) is 12.2. The van der Waals surface area contributed by atoms with Crippen LogP contribution in [0.15, 0.2) is 65.7 Å². The molecule has 0 heterocycles. The molecular formula is C21H30N4O2S. The third-order valence-corrected chi connectivity index (χ3v) is 5.88. The highest BCUT2D eigenvalue weighted by atomic mass is 32.2. The van der Waals surface area contributed by atoms with E-state index < -0.39 is 10.0 Å². The van der Waals surface area contributed by atoms with Crippen molar-refractivity contribution in [1.82, 2.24) is 15.4 Å². The molecule has 0 aliphatic heterocycles. The van der Waals surface area contributed by atoms with Crippen molar-refractivity contribution in [3.63, 3.8) is 0 Å². The lowest BCUT2D eigenvalue weighted by atomic mass is 9.88. The van der Waals surface area contributed by atoms with E-state index in [-0.39, 0.29) is 5.75 Å². The van der Waals surface area contributed by atoms with Crippen LogP contribution >= 0.6 is 0 Å². The molecule has 0 aliphatic rings. The molecule has 0 saturated heterocycles. The van der Waals surface area contributed by atoms with Crippen LogP contribution in [0.4, 0.5) is 0 Å². The average Bonchev–Trinajstić information content (AvgIpc) is 2.74. The van der Waals surface area contributed by atoms with Crippen LogP contribution in [0.2, 0.25) is 0 Å². The lowest BCUT2D eigenvalue weighted by molar-refractivity contribution is 0.581. The van der Waals surface area contributed by atoms with Crippen LogP contribution in [0.5, 0.6) is 0 Å². The molecule has 2 aromatic carbocycles. The van der Waals surface area contributed by atoms with Gasteiger partial charge in [-0.25, -0.2) is 13.1 Å². The summed E-state index contributed by atoms with van der Waals surface area (Å²) in [5.41, 5.74) is 2.57. The number of benzene rings is 2. The summed E-state index contributed by atoms with van der Waals surface area (Å²) >= 11 is 0. The number of hydrogen-bond acceptors (Lipinski definition) is 3. The molecule has 0 aromatic heterocycles. The van der Waals surface area contributed by atoms with Crippen molar-refractivity contribution in [3.8, 4) is 0 Å². The Kier molecular flexibility index (Phi) is 8.97. The molecule has 28 heavy (non-hydrogen) atoms. The van der Waals surface area contributed by atoms with Gasteiger partial charge >= 0.3 is 0 Å². The number of nitrogens with one attached hydrogen (secondary N) is 3. The van der Waals surface area contributed by atoms with E-state index in [0.717, 1.165) is 13.0 Å². The number of sulfonamides is 1. The second-order valence-electron chi connectivity index (χ2n) is 6.39. The van der Waals surface area contributed by atoms with Crippen LogP contribution in [-0.4, -0.2) is 46.8 Å². The van der Waals surface area contributed by atoms with Gasteiger partial charge in [-0.3, -0.25) is 4.99 Å². The second kappa shape index (κ2) is 11.5. The fourth-order valence-electron chi connectivity index (χ4n) is 2.94. The van der Waals surface area contributed by atoms with Gasteiger partial charge in [0.05, 0.1) is 5.75 Å². The van der Waals surface area contributed by atoms with Crippen LogP contribution in [0, 0.1) is 0 Å². The third kappa shape index (κ3) is 7.32. The minimum absolute atomic E-state index is 0.0837. The molecule has 0 amide bonds. The zero-order chi connectivity index (χ0) is 20.2. The molecule has 7 heteroatoms. The summed E-state index contributed by atoms with van der Waals surface area (Å²) in [6.07, 6.45) is 0.914. The van der Waals surface area contributed by atoms with E-state index in [1.807, 2.05) is 12.1 Å². The summed E-state index contributed by atoms with van der Waals surface area (Å²) < 4.78 is 25.4. The molecule has 0 unspecified atom stereocenters. The first-order valence-corrected chi connectivity index (χ1v) is 11.2. The van der Waals surface area contributed by atoms with Crippen molar-refractivity contribution < 1.29 is 8.42 Å². The Morgan fingerprint density at radius 2 is 1.43 bits per heavy atom.